The Hall–Kier alpha value is -0.410. The number of likely N-dealkylation sites (tertiary alicyclic amines) is 1. The topological polar surface area (TPSA) is 16.1 Å². The van der Waals surface area contributed by atoms with E-state index < -0.39 is 0 Å². The van der Waals surface area contributed by atoms with Gasteiger partial charge in [0.15, 0.2) is 0 Å². The van der Waals surface area contributed by atoms with Crippen LogP contribution in [0, 0.1) is 0 Å². The number of rotatable bonds is 2. The van der Waals surface area contributed by atoms with Crippen molar-refractivity contribution in [3.63, 3.8) is 0 Å². The van der Waals surface area contributed by atoms with Gasteiger partial charge in [0.25, 0.3) is 0 Å². The molecule has 2 atom stereocenters. The lowest BCUT2D eigenvalue weighted by Gasteiger charge is -2.24. The normalized spacial score (nSPS) is 29.7. The minimum Gasteiger partial charge on any atom is -0.291 e. The number of thiazole rings is 1. The maximum atomic E-state index is 4.33. The Morgan fingerprint density at radius 3 is 2.69 bits per heavy atom. The van der Waals surface area contributed by atoms with Crippen molar-refractivity contribution in [3.05, 3.63) is 16.6 Å². The second-order valence-corrected chi connectivity index (χ2v) is 4.85. The second kappa shape index (κ2) is 3.76. The predicted octanol–water partition coefficient (Wildman–Crippen LogP) is 2.52. The molecule has 1 saturated heterocycles. The van der Waals surface area contributed by atoms with Gasteiger partial charge in [-0.15, -0.1) is 11.3 Å². The van der Waals surface area contributed by atoms with E-state index in [2.05, 4.69) is 29.1 Å². The van der Waals surface area contributed by atoms with Crippen molar-refractivity contribution in [2.75, 3.05) is 0 Å². The molecular weight excluding hydrogens is 180 g/mol. The number of nitrogens with zero attached hydrogens (tertiary/aromatic N) is 2. The van der Waals surface area contributed by atoms with E-state index in [1.807, 2.05) is 6.20 Å². The summed E-state index contributed by atoms with van der Waals surface area (Å²) in [4.78, 5) is 6.88. The molecule has 0 N–H and O–H groups in total. The van der Waals surface area contributed by atoms with Gasteiger partial charge in [-0.1, -0.05) is 0 Å². The summed E-state index contributed by atoms with van der Waals surface area (Å²) < 4.78 is 0. The molecule has 1 fully saturated rings. The molecule has 2 unspecified atom stereocenters. The summed E-state index contributed by atoms with van der Waals surface area (Å²) in [6.07, 6.45) is 4.57. The fraction of sp³-hybridized carbons (Fsp3) is 0.700. The molecule has 2 rings (SSSR count). The SMILES string of the molecule is CC1CCC(C)N1Cc1nccs1. The quantitative estimate of drug-likeness (QED) is 0.722. The minimum absolute atomic E-state index is 0.735. The smallest absolute Gasteiger partial charge is 0.107 e. The maximum absolute atomic E-state index is 4.33. The summed E-state index contributed by atoms with van der Waals surface area (Å²) in [5.41, 5.74) is 0. The van der Waals surface area contributed by atoms with Crippen LogP contribution in [0.2, 0.25) is 0 Å². The van der Waals surface area contributed by atoms with E-state index in [1.54, 1.807) is 11.3 Å². The van der Waals surface area contributed by atoms with Crippen molar-refractivity contribution >= 4 is 11.3 Å². The summed E-state index contributed by atoms with van der Waals surface area (Å²) in [5, 5.41) is 3.31. The van der Waals surface area contributed by atoms with Gasteiger partial charge in [0.1, 0.15) is 5.01 Å². The van der Waals surface area contributed by atoms with Gasteiger partial charge in [0.05, 0.1) is 6.54 Å². The van der Waals surface area contributed by atoms with Crippen LogP contribution in [0.4, 0.5) is 0 Å². The molecule has 1 aromatic heterocycles. The average Bonchev–Trinajstić information content (AvgIpc) is 2.70. The summed E-state index contributed by atoms with van der Waals surface area (Å²) in [5.74, 6) is 0. The monoisotopic (exact) mass is 196 g/mol. The van der Waals surface area contributed by atoms with E-state index in [4.69, 9.17) is 0 Å². The van der Waals surface area contributed by atoms with E-state index >= 15 is 0 Å². The lowest BCUT2D eigenvalue weighted by Crippen LogP contribution is -2.31. The van der Waals surface area contributed by atoms with Crippen LogP contribution in [0.1, 0.15) is 31.7 Å². The first-order valence-corrected chi connectivity index (χ1v) is 5.79. The first-order chi connectivity index (χ1) is 6.27. The van der Waals surface area contributed by atoms with Crippen LogP contribution in [-0.2, 0) is 6.54 Å². The molecule has 0 saturated carbocycles. The largest absolute Gasteiger partial charge is 0.291 e. The zero-order chi connectivity index (χ0) is 9.26. The van der Waals surface area contributed by atoms with Crippen LogP contribution in [-0.4, -0.2) is 22.0 Å². The Bertz CT molecular complexity index is 248. The fourth-order valence-corrected chi connectivity index (χ4v) is 2.67. The average molecular weight is 196 g/mol. The third-order valence-corrected chi connectivity index (χ3v) is 3.70. The molecule has 13 heavy (non-hydrogen) atoms. The molecule has 72 valence electrons. The van der Waals surface area contributed by atoms with Gasteiger partial charge < -0.3 is 0 Å². The molecule has 0 amide bonds. The van der Waals surface area contributed by atoms with Gasteiger partial charge >= 0.3 is 0 Å². The number of hydrogen-bond acceptors (Lipinski definition) is 3. The summed E-state index contributed by atoms with van der Waals surface area (Å²) in [6, 6.07) is 1.47. The zero-order valence-corrected chi connectivity index (χ0v) is 9.05. The van der Waals surface area contributed by atoms with Crippen molar-refractivity contribution < 1.29 is 0 Å². The molecular formula is C10H16N2S. The number of hydrogen-bond donors (Lipinski definition) is 0. The molecule has 3 heteroatoms. The molecule has 1 aromatic rings. The summed E-state index contributed by atoms with van der Waals surface area (Å²) >= 11 is 1.76. The van der Waals surface area contributed by atoms with Gasteiger partial charge in [0.2, 0.25) is 0 Å². The zero-order valence-electron chi connectivity index (χ0n) is 8.23. The van der Waals surface area contributed by atoms with Crippen LogP contribution < -0.4 is 0 Å². The Kier molecular flexibility index (Phi) is 2.65. The molecule has 2 nitrogen and oxygen atoms in total. The molecule has 0 aliphatic carbocycles. The fourth-order valence-electron chi connectivity index (χ4n) is 2.05. The van der Waals surface area contributed by atoms with E-state index in [1.165, 1.54) is 17.8 Å². The van der Waals surface area contributed by atoms with Crippen molar-refractivity contribution in [2.45, 2.75) is 45.3 Å². The van der Waals surface area contributed by atoms with Crippen molar-refractivity contribution in [1.29, 1.82) is 0 Å². The maximum Gasteiger partial charge on any atom is 0.107 e. The lowest BCUT2D eigenvalue weighted by molar-refractivity contribution is 0.205. The highest BCUT2D eigenvalue weighted by atomic mass is 32.1. The van der Waals surface area contributed by atoms with E-state index in [0.29, 0.717) is 0 Å². The van der Waals surface area contributed by atoms with Gasteiger partial charge in [-0.25, -0.2) is 4.98 Å². The summed E-state index contributed by atoms with van der Waals surface area (Å²) in [7, 11) is 0. The molecule has 2 heterocycles. The van der Waals surface area contributed by atoms with E-state index in [-0.39, 0.29) is 0 Å². The highest BCUT2D eigenvalue weighted by Gasteiger charge is 2.27. The first kappa shape index (κ1) is 9.16. The van der Waals surface area contributed by atoms with Crippen LogP contribution in [0.3, 0.4) is 0 Å². The van der Waals surface area contributed by atoms with Crippen molar-refractivity contribution in [2.24, 2.45) is 0 Å². The van der Waals surface area contributed by atoms with Crippen molar-refractivity contribution in [1.82, 2.24) is 9.88 Å². The second-order valence-electron chi connectivity index (χ2n) is 3.87. The minimum atomic E-state index is 0.735. The van der Waals surface area contributed by atoms with Gasteiger partial charge in [0, 0.05) is 23.7 Å². The van der Waals surface area contributed by atoms with Crippen molar-refractivity contribution in [3.8, 4) is 0 Å². The molecule has 0 radical (unpaired) electrons. The first-order valence-electron chi connectivity index (χ1n) is 4.91. The predicted molar refractivity (Wildman–Crippen MR) is 55.8 cm³/mol. The van der Waals surface area contributed by atoms with Crippen LogP contribution in [0.5, 0.6) is 0 Å². The third kappa shape index (κ3) is 1.92. The molecule has 1 aliphatic rings. The Morgan fingerprint density at radius 2 is 2.15 bits per heavy atom. The molecule has 0 aromatic carbocycles. The highest BCUT2D eigenvalue weighted by molar-refractivity contribution is 7.09. The van der Waals surface area contributed by atoms with E-state index in [9.17, 15) is 0 Å². The summed E-state index contributed by atoms with van der Waals surface area (Å²) in [6.45, 7) is 5.67. The molecule has 0 spiro atoms. The lowest BCUT2D eigenvalue weighted by atomic mass is 10.2. The van der Waals surface area contributed by atoms with E-state index in [0.717, 1.165) is 18.6 Å². The van der Waals surface area contributed by atoms with Crippen LogP contribution >= 0.6 is 11.3 Å². The molecule has 0 bridgehead atoms. The third-order valence-electron chi connectivity index (χ3n) is 2.94. The number of aromatic nitrogens is 1. The van der Waals surface area contributed by atoms with Gasteiger partial charge in [-0.3, -0.25) is 4.90 Å². The van der Waals surface area contributed by atoms with Gasteiger partial charge in [-0.2, -0.15) is 0 Å². The van der Waals surface area contributed by atoms with Crippen LogP contribution in [0.25, 0.3) is 0 Å². The Balaban J connectivity index is 2.01. The van der Waals surface area contributed by atoms with Crippen LogP contribution in [0.15, 0.2) is 11.6 Å². The Labute approximate surface area is 83.6 Å². The standard InChI is InChI=1S/C10H16N2S/c1-8-3-4-9(2)12(8)7-10-11-5-6-13-10/h5-6,8-9H,3-4,7H2,1-2H3. The van der Waals surface area contributed by atoms with Gasteiger partial charge in [-0.05, 0) is 26.7 Å². The highest BCUT2D eigenvalue weighted by Crippen LogP contribution is 2.25. The Morgan fingerprint density at radius 1 is 1.46 bits per heavy atom. The molecule has 1 aliphatic heterocycles.